The molecular formula is C22H23N3O7S. The average molecular weight is 474 g/mol. The molecule has 174 valence electrons. The molecule has 0 bridgehead atoms. The maximum Gasteiger partial charge on any atom is 0.313 e. The summed E-state index contributed by atoms with van der Waals surface area (Å²) in [6, 6.07) is 6.41. The van der Waals surface area contributed by atoms with E-state index in [2.05, 4.69) is 9.72 Å². The van der Waals surface area contributed by atoms with Crippen LogP contribution < -0.4 is 10.3 Å². The Morgan fingerprint density at radius 1 is 1.21 bits per heavy atom. The molecule has 0 spiro atoms. The number of amides is 1. The second kappa shape index (κ2) is 10.2. The third kappa shape index (κ3) is 5.25. The Balaban J connectivity index is 1.33. The van der Waals surface area contributed by atoms with Gasteiger partial charge in [-0.15, -0.1) is 0 Å². The minimum Gasteiger partial charge on any atom is -0.491 e. The molecule has 1 aromatic carbocycles. The molecule has 1 unspecified atom stereocenters. The lowest BCUT2D eigenvalue weighted by molar-refractivity contribution is -0.139. The van der Waals surface area contributed by atoms with Crippen LogP contribution in [0.2, 0.25) is 0 Å². The number of Topliss-reactive ketones (excluding diaryl/α,β-unsaturated/α-hetero) is 1. The summed E-state index contributed by atoms with van der Waals surface area (Å²) in [5.41, 5.74) is 0.136. The number of hydrogen-bond donors (Lipinski definition) is 0. The van der Waals surface area contributed by atoms with Gasteiger partial charge in [-0.2, -0.15) is 0 Å². The van der Waals surface area contributed by atoms with E-state index in [-0.39, 0.29) is 48.5 Å². The summed E-state index contributed by atoms with van der Waals surface area (Å²) in [4.78, 5) is 54.7. The number of fused-ring (bicyclic) bond motifs is 1. The van der Waals surface area contributed by atoms with Crippen molar-refractivity contribution in [1.82, 2.24) is 14.5 Å². The smallest absolute Gasteiger partial charge is 0.313 e. The zero-order valence-corrected chi connectivity index (χ0v) is 18.8. The first-order valence-electron chi connectivity index (χ1n) is 10.4. The summed E-state index contributed by atoms with van der Waals surface area (Å²) in [7, 11) is 1.23. The summed E-state index contributed by atoms with van der Waals surface area (Å²) in [5.74, 6) is 0.00798. The molecular weight excluding hydrogens is 450 g/mol. The minimum atomic E-state index is -0.592. The summed E-state index contributed by atoms with van der Waals surface area (Å²) in [6.45, 7) is 1.74. The van der Waals surface area contributed by atoms with Crippen LogP contribution in [-0.4, -0.2) is 77.4 Å². The Morgan fingerprint density at radius 2 is 2.00 bits per heavy atom. The lowest BCUT2D eigenvalue weighted by Gasteiger charge is -2.32. The number of methoxy groups -OCH3 is 1. The molecule has 0 radical (unpaired) electrons. The van der Waals surface area contributed by atoms with Crippen molar-refractivity contribution in [3.8, 4) is 5.75 Å². The van der Waals surface area contributed by atoms with Crippen molar-refractivity contribution in [3.63, 3.8) is 0 Å². The van der Waals surface area contributed by atoms with Crippen LogP contribution in [0.25, 0.3) is 0 Å². The van der Waals surface area contributed by atoms with Crippen LogP contribution in [-0.2, 0) is 20.8 Å². The van der Waals surface area contributed by atoms with Gasteiger partial charge in [0.2, 0.25) is 0 Å². The van der Waals surface area contributed by atoms with E-state index in [4.69, 9.17) is 9.47 Å². The second-order valence-electron chi connectivity index (χ2n) is 7.52. The normalized spacial score (nSPS) is 17.4. The van der Waals surface area contributed by atoms with Crippen LogP contribution in [0.15, 0.2) is 40.4 Å². The number of aromatic nitrogens is 2. The average Bonchev–Trinajstić information content (AvgIpc) is 3.33. The lowest BCUT2D eigenvalue weighted by atomic mass is 10.1. The third-order valence-corrected chi connectivity index (χ3v) is 6.33. The number of esters is 1. The van der Waals surface area contributed by atoms with Crippen molar-refractivity contribution >= 4 is 29.4 Å². The molecule has 33 heavy (non-hydrogen) atoms. The molecule has 0 N–H and O–H groups in total. The fraction of sp³-hybridized carbons (Fsp3) is 0.409. The van der Waals surface area contributed by atoms with E-state index in [0.717, 1.165) is 5.75 Å². The Bertz CT molecular complexity index is 1120. The van der Waals surface area contributed by atoms with E-state index >= 15 is 0 Å². The molecule has 2 aromatic rings. The Hall–Kier alpha value is -3.18. The highest BCUT2D eigenvalue weighted by molar-refractivity contribution is 7.99. The molecule has 3 heterocycles. The van der Waals surface area contributed by atoms with Crippen LogP contribution in [0.5, 0.6) is 5.75 Å². The van der Waals surface area contributed by atoms with E-state index < -0.39 is 5.97 Å². The molecule has 11 heteroatoms. The predicted octanol–water partition coefficient (Wildman–Crippen LogP) is 1.01. The first-order valence-corrected chi connectivity index (χ1v) is 11.4. The summed E-state index contributed by atoms with van der Waals surface area (Å²) in [5, 5.41) is 0.641. The molecule has 2 aliphatic rings. The number of thioether (sulfide) groups is 1. The number of ketones is 1. The van der Waals surface area contributed by atoms with Gasteiger partial charge >= 0.3 is 5.97 Å². The largest absolute Gasteiger partial charge is 0.491 e. The van der Waals surface area contributed by atoms with Gasteiger partial charge in [0, 0.05) is 30.6 Å². The molecule has 10 nitrogen and oxygen atoms in total. The predicted molar refractivity (Wildman–Crippen MR) is 118 cm³/mol. The van der Waals surface area contributed by atoms with Crippen LogP contribution >= 0.6 is 11.8 Å². The van der Waals surface area contributed by atoms with Crippen LogP contribution in [0, 0.1) is 0 Å². The molecule has 2 aliphatic heterocycles. The summed E-state index contributed by atoms with van der Waals surface area (Å²) >= 11 is 1.50. The fourth-order valence-corrected chi connectivity index (χ4v) is 4.48. The molecule has 1 atom stereocenters. The number of morpholine rings is 1. The van der Waals surface area contributed by atoms with Crippen molar-refractivity contribution in [2.75, 3.05) is 39.2 Å². The lowest BCUT2D eigenvalue weighted by Crippen LogP contribution is -2.49. The number of hydrogen-bond acceptors (Lipinski definition) is 9. The topological polar surface area (TPSA) is 117 Å². The van der Waals surface area contributed by atoms with Gasteiger partial charge in [-0.1, -0.05) is 11.8 Å². The van der Waals surface area contributed by atoms with Crippen molar-refractivity contribution in [2.24, 2.45) is 0 Å². The van der Waals surface area contributed by atoms with E-state index in [0.29, 0.717) is 36.2 Å². The summed E-state index contributed by atoms with van der Waals surface area (Å²) < 4.78 is 17.5. The maximum absolute atomic E-state index is 12.9. The fourth-order valence-electron chi connectivity index (χ4n) is 3.57. The van der Waals surface area contributed by atoms with Gasteiger partial charge in [-0.3, -0.25) is 23.7 Å². The number of carbonyl (C=O) groups excluding carboxylic acids is 3. The highest BCUT2D eigenvalue weighted by Gasteiger charge is 2.29. The monoisotopic (exact) mass is 473 g/mol. The first-order chi connectivity index (χ1) is 16.0. The van der Waals surface area contributed by atoms with Crippen molar-refractivity contribution in [2.45, 2.75) is 24.2 Å². The number of ether oxygens (including phenoxy) is 3. The highest BCUT2D eigenvalue weighted by Crippen LogP contribution is 2.21. The Kier molecular flexibility index (Phi) is 7.09. The molecule has 1 saturated heterocycles. The van der Waals surface area contributed by atoms with E-state index in [1.807, 2.05) is 0 Å². The molecule has 1 aromatic heterocycles. The number of rotatable bonds is 7. The maximum atomic E-state index is 12.9. The zero-order valence-electron chi connectivity index (χ0n) is 18.0. The van der Waals surface area contributed by atoms with Crippen LogP contribution in [0.3, 0.4) is 0 Å². The van der Waals surface area contributed by atoms with Crippen LogP contribution in [0.4, 0.5) is 0 Å². The van der Waals surface area contributed by atoms with Crippen molar-refractivity contribution < 1.29 is 28.6 Å². The van der Waals surface area contributed by atoms with Gasteiger partial charge in [-0.05, 0) is 24.3 Å². The van der Waals surface area contributed by atoms with Gasteiger partial charge in [-0.25, -0.2) is 4.98 Å². The third-order valence-electron chi connectivity index (χ3n) is 5.36. The standard InChI is InChI=1S/C22H23N3O7S/c1-30-19(27)10-18(26)14-2-4-15(5-3-14)32-13-16-12-24(6-8-31-16)20(28)17-11-23-22-25(21(17)29)7-9-33-22/h2-5,11,16H,6-10,12-13H2,1H3. The van der Waals surface area contributed by atoms with Gasteiger partial charge in [0.25, 0.3) is 11.5 Å². The zero-order chi connectivity index (χ0) is 23.4. The second-order valence-corrected chi connectivity index (χ2v) is 8.58. The van der Waals surface area contributed by atoms with Gasteiger partial charge in [0.15, 0.2) is 10.9 Å². The Morgan fingerprint density at radius 3 is 2.76 bits per heavy atom. The quantitative estimate of drug-likeness (QED) is 0.251. The number of carbonyl (C=O) groups is 3. The number of nitrogens with zero attached hydrogens (tertiary/aromatic N) is 3. The molecule has 0 saturated carbocycles. The van der Waals surface area contributed by atoms with E-state index in [9.17, 15) is 19.2 Å². The number of benzene rings is 1. The molecule has 0 aliphatic carbocycles. The minimum absolute atomic E-state index is 0.0648. The first kappa shape index (κ1) is 23.0. The molecule has 1 fully saturated rings. The highest BCUT2D eigenvalue weighted by atomic mass is 32.2. The van der Waals surface area contributed by atoms with E-state index in [1.54, 1.807) is 33.7 Å². The van der Waals surface area contributed by atoms with Crippen molar-refractivity contribution in [1.29, 1.82) is 0 Å². The van der Waals surface area contributed by atoms with Gasteiger partial charge in [0.1, 0.15) is 30.4 Å². The Labute approximate surface area is 193 Å². The van der Waals surface area contributed by atoms with Gasteiger partial charge in [0.05, 0.1) is 20.3 Å². The van der Waals surface area contributed by atoms with Crippen molar-refractivity contribution in [3.05, 3.63) is 51.9 Å². The van der Waals surface area contributed by atoms with Gasteiger partial charge < -0.3 is 19.1 Å². The molecule has 4 rings (SSSR count). The van der Waals surface area contributed by atoms with E-state index in [1.165, 1.54) is 25.1 Å². The summed E-state index contributed by atoms with van der Waals surface area (Å²) in [6.07, 6.45) is 0.668. The van der Waals surface area contributed by atoms with Crippen LogP contribution in [0.1, 0.15) is 27.1 Å². The SMILES string of the molecule is COC(=O)CC(=O)c1ccc(OCC2CN(C(=O)c3cnc4n(c3=O)CCS4)CCO2)cc1. The molecule has 1 amide bonds.